The number of aromatic nitrogens is 1. The fourth-order valence-corrected chi connectivity index (χ4v) is 3.29. The fourth-order valence-electron chi connectivity index (χ4n) is 1.99. The highest BCUT2D eigenvalue weighted by molar-refractivity contribution is 8.00. The summed E-state index contributed by atoms with van der Waals surface area (Å²) in [6, 6.07) is 0. The summed E-state index contributed by atoms with van der Waals surface area (Å²) < 4.78 is 1.28. The van der Waals surface area contributed by atoms with E-state index in [1.54, 1.807) is 23.1 Å². The van der Waals surface area contributed by atoms with Crippen molar-refractivity contribution in [3.05, 3.63) is 6.20 Å². The molecule has 0 aliphatic carbocycles. The second kappa shape index (κ2) is 6.47. The van der Waals surface area contributed by atoms with Crippen molar-refractivity contribution in [1.82, 2.24) is 10.3 Å². The average Bonchev–Trinajstić information content (AvgIpc) is 2.78. The molecule has 16 heavy (non-hydrogen) atoms. The molecular formula is C11H19N3S2. The van der Waals surface area contributed by atoms with Gasteiger partial charge in [0.1, 0.15) is 0 Å². The topological polar surface area (TPSA) is 37.0 Å². The Morgan fingerprint density at radius 3 is 3.06 bits per heavy atom. The number of thiazole rings is 1. The molecule has 0 aromatic carbocycles. The van der Waals surface area contributed by atoms with E-state index in [9.17, 15) is 0 Å². The highest BCUT2D eigenvalue weighted by atomic mass is 32.2. The van der Waals surface area contributed by atoms with Gasteiger partial charge in [0.05, 0.1) is 10.4 Å². The van der Waals surface area contributed by atoms with Gasteiger partial charge in [-0.2, -0.15) is 0 Å². The second-order valence-electron chi connectivity index (χ2n) is 4.10. The van der Waals surface area contributed by atoms with E-state index in [-0.39, 0.29) is 0 Å². The molecule has 1 aliphatic rings. The zero-order valence-corrected chi connectivity index (χ0v) is 11.3. The highest BCUT2D eigenvalue weighted by Crippen LogP contribution is 2.26. The third-order valence-electron chi connectivity index (χ3n) is 2.97. The van der Waals surface area contributed by atoms with Crippen molar-refractivity contribution >= 4 is 28.2 Å². The van der Waals surface area contributed by atoms with E-state index >= 15 is 0 Å². The van der Waals surface area contributed by atoms with E-state index in [1.807, 2.05) is 6.20 Å². The zero-order chi connectivity index (χ0) is 11.2. The summed E-state index contributed by atoms with van der Waals surface area (Å²) in [6.45, 7) is 3.45. The smallest absolute Gasteiger partial charge is 0.183 e. The van der Waals surface area contributed by atoms with Crippen molar-refractivity contribution in [2.24, 2.45) is 5.92 Å². The molecule has 2 heterocycles. The molecule has 2 rings (SSSR count). The average molecular weight is 257 g/mol. The Hall–Kier alpha value is -0.260. The van der Waals surface area contributed by atoms with Crippen molar-refractivity contribution in [3.63, 3.8) is 0 Å². The van der Waals surface area contributed by atoms with Gasteiger partial charge in [0.15, 0.2) is 5.13 Å². The third kappa shape index (κ3) is 3.64. The molecule has 90 valence electrons. The molecule has 1 aliphatic heterocycles. The number of hydrogen-bond acceptors (Lipinski definition) is 5. The van der Waals surface area contributed by atoms with Gasteiger partial charge in [-0.3, -0.25) is 0 Å². The van der Waals surface area contributed by atoms with Crippen molar-refractivity contribution in [1.29, 1.82) is 0 Å². The number of thioether (sulfide) groups is 1. The van der Waals surface area contributed by atoms with Crippen LogP contribution in [0.5, 0.6) is 0 Å². The second-order valence-corrected chi connectivity index (χ2v) is 6.23. The number of hydrogen-bond donors (Lipinski definition) is 2. The van der Waals surface area contributed by atoms with Gasteiger partial charge in [0, 0.05) is 6.54 Å². The van der Waals surface area contributed by atoms with Crippen LogP contribution in [0.25, 0.3) is 0 Å². The van der Waals surface area contributed by atoms with E-state index in [2.05, 4.69) is 21.9 Å². The predicted molar refractivity (Wildman–Crippen MR) is 72.6 cm³/mol. The molecular weight excluding hydrogens is 238 g/mol. The van der Waals surface area contributed by atoms with Crippen molar-refractivity contribution in [2.45, 2.75) is 23.5 Å². The Morgan fingerprint density at radius 1 is 1.56 bits per heavy atom. The molecule has 1 saturated heterocycles. The molecule has 0 spiro atoms. The number of nitrogens with one attached hydrogen (secondary N) is 2. The largest absolute Gasteiger partial charge is 0.361 e. The third-order valence-corrected chi connectivity index (χ3v) is 4.98. The zero-order valence-electron chi connectivity index (χ0n) is 9.66. The minimum Gasteiger partial charge on any atom is -0.361 e. The Morgan fingerprint density at radius 2 is 2.38 bits per heavy atom. The van der Waals surface area contributed by atoms with Crippen LogP contribution in [0.1, 0.15) is 19.3 Å². The Labute approximate surface area is 105 Å². The lowest BCUT2D eigenvalue weighted by molar-refractivity contribution is 0.361. The molecule has 0 radical (unpaired) electrons. The SMILES string of the molecule is CSc1cnc(NCCC2CCNCC2)s1. The molecule has 1 aromatic heterocycles. The summed E-state index contributed by atoms with van der Waals surface area (Å²) in [5, 5.41) is 7.89. The van der Waals surface area contributed by atoms with Crippen LogP contribution in [0.2, 0.25) is 0 Å². The number of anilines is 1. The summed E-state index contributed by atoms with van der Waals surface area (Å²) in [4.78, 5) is 4.34. The maximum absolute atomic E-state index is 4.34. The molecule has 0 amide bonds. The maximum atomic E-state index is 4.34. The monoisotopic (exact) mass is 257 g/mol. The minimum atomic E-state index is 0.897. The molecule has 0 bridgehead atoms. The molecule has 0 unspecified atom stereocenters. The fraction of sp³-hybridized carbons (Fsp3) is 0.727. The van der Waals surface area contributed by atoms with E-state index in [0.29, 0.717) is 0 Å². The lowest BCUT2D eigenvalue weighted by Crippen LogP contribution is -2.28. The van der Waals surface area contributed by atoms with Crippen LogP contribution in [-0.4, -0.2) is 30.9 Å². The predicted octanol–water partition coefficient (Wildman–Crippen LogP) is 2.67. The van der Waals surface area contributed by atoms with Crippen LogP contribution < -0.4 is 10.6 Å². The van der Waals surface area contributed by atoms with Crippen LogP contribution in [-0.2, 0) is 0 Å². The van der Waals surface area contributed by atoms with Crippen molar-refractivity contribution in [3.8, 4) is 0 Å². The lowest BCUT2D eigenvalue weighted by Gasteiger charge is -2.22. The van der Waals surface area contributed by atoms with Crippen LogP contribution >= 0.6 is 23.1 Å². The molecule has 0 saturated carbocycles. The first-order valence-corrected chi connectivity index (χ1v) is 7.87. The summed E-state index contributed by atoms with van der Waals surface area (Å²) in [5.41, 5.74) is 0. The summed E-state index contributed by atoms with van der Waals surface area (Å²) in [6.07, 6.45) is 7.97. The quantitative estimate of drug-likeness (QED) is 0.795. The molecule has 1 aromatic rings. The van der Waals surface area contributed by atoms with Gasteiger partial charge in [-0.05, 0) is 44.5 Å². The van der Waals surface area contributed by atoms with Gasteiger partial charge in [-0.25, -0.2) is 4.98 Å². The first kappa shape index (κ1) is 12.2. The first-order chi connectivity index (χ1) is 7.88. The van der Waals surface area contributed by atoms with Gasteiger partial charge in [-0.1, -0.05) is 11.3 Å². The maximum Gasteiger partial charge on any atom is 0.183 e. The van der Waals surface area contributed by atoms with E-state index in [4.69, 9.17) is 0 Å². The molecule has 2 N–H and O–H groups in total. The van der Waals surface area contributed by atoms with E-state index < -0.39 is 0 Å². The highest BCUT2D eigenvalue weighted by Gasteiger charge is 2.12. The van der Waals surface area contributed by atoms with Crippen LogP contribution in [0.15, 0.2) is 10.4 Å². The van der Waals surface area contributed by atoms with Gasteiger partial charge >= 0.3 is 0 Å². The Bertz CT molecular complexity index is 308. The molecule has 1 fully saturated rings. The standard InChI is InChI=1S/C11H19N3S2/c1-15-10-8-14-11(16-10)13-7-4-9-2-5-12-6-3-9/h8-9,12H,2-7H2,1H3,(H,13,14). The number of piperidine rings is 1. The lowest BCUT2D eigenvalue weighted by atomic mass is 9.95. The van der Waals surface area contributed by atoms with E-state index in [1.165, 1.54) is 36.6 Å². The van der Waals surface area contributed by atoms with Gasteiger partial charge in [0.25, 0.3) is 0 Å². The van der Waals surface area contributed by atoms with Crippen molar-refractivity contribution < 1.29 is 0 Å². The normalized spacial score (nSPS) is 17.6. The molecule has 5 heteroatoms. The van der Waals surface area contributed by atoms with Crippen LogP contribution in [0, 0.1) is 5.92 Å². The summed E-state index contributed by atoms with van der Waals surface area (Å²) in [7, 11) is 0. The minimum absolute atomic E-state index is 0.897. The van der Waals surface area contributed by atoms with Gasteiger partial charge in [0.2, 0.25) is 0 Å². The van der Waals surface area contributed by atoms with E-state index in [0.717, 1.165) is 17.6 Å². The number of rotatable bonds is 5. The van der Waals surface area contributed by atoms with Crippen LogP contribution in [0.3, 0.4) is 0 Å². The Kier molecular flexibility index (Phi) is 4.93. The molecule has 0 atom stereocenters. The summed E-state index contributed by atoms with van der Waals surface area (Å²) in [5.74, 6) is 0.897. The Balaban J connectivity index is 1.66. The van der Waals surface area contributed by atoms with Crippen LogP contribution in [0.4, 0.5) is 5.13 Å². The number of nitrogens with zero attached hydrogens (tertiary/aromatic N) is 1. The summed E-state index contributed by atoms with van der Waals surface area (Å²) >= 11 is 3.51. The van der Waals surface area contributed by atoms with Gasteiger partial charge in [-0.15, -0.1) is 11.8 Å². The molecule has 3 nitrogen and oxygen atoms in total. The first-order valence-electron chi connectivity index (χ1n) is 5.83. The van der Waals surface area contributed by atoms with Gasteiger partial charge < -0.3 is 10.6 Å². The van der Waals surface area contributed by atoms with Crippen molar-refractivity contribution in [2.75, 3.05) is 31.2 Å².